The quantitative estimate of drug-likeness (QED) is 0.686. The highest BCUT2D eigenvalue weighted by atomic mass is 32.1. The Kier molecular flexibility index (Phi) is 5.20. The summed E-state index contributed by atoms with van der Waals surface area (Å²) in [4.78, 5) is 30.0. The van der Waals surface area contributed by atoms with Gasteiger partial charge in [-0.1, -0.05) is 6.07 Å². The molecule has 2 heterocycles. The van der Waals surface area contributed by atoms with Crippen LogP contribution in [0.15, 0.2) is 47.2 Å². The van der Waals surface area contributed by atoms with Crippen LogP contribution < -0.4 is 10.6 Å². The molecule has 0 aliphatic carbocycles. The van der Waals surface area contributed by atoms with Gasteiger partial charge in [-0.15, -0.1) is 22.7 Å². The molecular weight excluding hydrogens is 366 g/mol. The van der Waals surface area contributed by atoms with Crippen LogP contribution in [-0.2, 0) is 0 Å². The molecule has 0 atom stereocenters. The maximum absolute atomic E-state index is 12.4. The van der Waals surface area contributed by atoms with Crippen LogP contribution >= 0.6 is 22.7 Å². The van der Waals surface area contributed by atoms with E-state index in [1.165, 1.54) is 11.3 Å². The topological polar surface area (TPSA) is 71.1 Å². The van der Waals surface area contributed by atoms with Crippen molar-refractivity contribution in [1.82, 2.24) is 10.3 Å². The number of nitrogens with zero attached hydrogens (tertiary/aromatic N) is 1. The first kappa shape index (κ1) is 18.3. The number of hydrogen-bond acceptors (Lipinski definition) is 5. The summed E-state index contributed by atoms with van der Waals surface area (Å²) < 4.78 is 0. The monoisotopic (exact) mass is 385 g/mol. The molecule has 0 saturated heterocycles. The van der Waals surface area contributed by atoms with E-state index in [9.17, 15) is 9.59 Å². The number of nitrogens with one attached hydrogen (secondary N) is 2. The van der Waals surface area contributed by atoms with Crippen molar-refractivity contribution in [2.24, 2.45) is 0 Å². The van der Waals surface area contributed by atoms with Gasteiger partial charge in [-0.05, 0) is 56.5 Å². The van der Waals surface area contributed by atoms with Crippen LogP contribution in [0.1, 0.15) is 41.5 Å². The van der Waals surface area contributed by atoms with Gasteiger partial charge in [-0.3, -0.25) is 14.9 Å². The minimum Gasteiger partial charge on any atom is -0.347 e. The third kappa shape index (κ3) is 4.56. The summed E-state index contributed by atoms with van der Waals surface area (Å²) in [6.07, 6.45) is 0. The van der Waals surface area contributed by atoms with E-state index in [1.807, 2.05) is 43.7 Å². The van der Waals surface area contributed by atoms with Gasteiger partial charge in [0.15, 0.2) is 5.13 Å². The number of rotatable bonds is 4. The molecule has 2 N–H and O–H groups in total. The van der Waals surface area contributed by atoms with Crippen LogP contribution in [-0.4, -0.2) is 22.3 Å². The normalized spacial score (nSPS) is 11.2. The molecule has 0 radical (unpaired) electrons. The second-order valence-corrected chi connectivity index (χ2v) is 8.56. The summed E-state index contributed by atoms with van der Waals surface area (Å²) in [6, 6.07) is 10.5. The summed E-state index contributed by atoms with van der Waals surface area (Å²) in [5, 5.41) is 10.2. The van der Waals surface area contributed by atoms with Gasteiger partial charge in [0.05, 0.1) is 10.6 Å². The average Bonchev–Trinajstić information content (AvgIpc) is 3.24. The first-order valence-corrected chi connectivity index (χ1v) is 9.81. The lowest BCUT2D eigenvalue weighted by Gasteiger charge is -2.20. The molecule has 5 nitrogen and oxygen atoms in total. The molecule has 3 aromatic rings. The Balaban J connectivity index is 1.66. The number of benzene rings is 1. The number of carbonyl (C=O) groups is 2. The number of carbonyl (C=O) groups excluding carboxylic acids is 2. The first-order chi connectivity index (χ1) is 12.3. The Morgan fingerprint density at radius 1 is 0.962 bits per heavy atom. The van der Waals surface area contributed by atoms with Crippen LogP contribution in [0.3, 0.4) is 0 Å². The molecule has 26 heavy (non-hydrogen) atoms. The fourth-order valence-corrected chi connectivity index (χ4v) is 3.69. The number of hydrogen-bond donors (Lipinski definition) is 2. The van der Waals surface area contributed by atoms with Crippen LogP contribution in [0.4, 0.5) is 5.13 Å². The zero-order valence-electron chi connectivity index (χ0n) is 14.7. The number of aromatic nitrogens is 1. The second-order valence-electron chi connectivity index (χ2n) is 6.75. The van der Waals surface area contributed by atoms with E-state index in [0.29, 0.717) is 16.3 Å². The molecule has 3 rings (SSSR count). The van der Waals surface area contributed by atoms with Gasteiger partial charge in [0.25, 0.3) is 11.8 Å². The van der Waals surface area contributed by atoms with E-state index in [4.69, 9.17) is 0 Å². The molecule has 0 fully saturated rings. The molecule has 2 aromatic heterocycles. The Morgan fingerprint density at radius 2 is 1.62 bits per heavy atom. The van der Waals surface area contributed by atoms with Gasteiger partial charge in [-0.25, -0.2) is 4.98 Å². The summed E-state index contributed by atoms with van der Waals surface area (Å²) in [5.41, 5.74) is 1.54. The minimum atomic E-state index is -0.307. The largest absolute Gasteiger partial charge is 0.347 e. The highest BCUT2D eigenvalue weighted by Gasteiger charge is 2.16. The highest BCUT2D eigenvalue weighted by molar-refractivity contribution is 7.16. The molecule has 0 aliphatic heterocycles. The van der Waals surface area contributed by atoms with E-state index in [0.717, 1.165) is 10.6 Å². The third-order valence-corrected chi connectivity index (χ3v) is 5.05. The van der Waals surface area contributed by atoms with E-state index in [-0.39, 0.29) is 17.4 Å². The molecular formula is C19H19N3O2S2. The van der Waals surface area contributed by atoms with E-state index >= 15 is 0 Å². The predicted molar refractivity (Wildman–Crippen MR) is 107 cm³/mol. The zero-order chi connectivity index (χ0) is 18.7. The standard InChI is InChI=1S/C19H19N3O2S2/c1-19(2,3)22-17(24)13-8-6-12(7-9-13)16(23)21-18-20-14(11-26-18)15-5-4-10-25-15/h4-11H,1-3H3,(H,22,24)(H,20,21,23). The van der Waals surface area contributed by atoms with Crippen LogP contribution in [0.2, 0.25) is 0 Å². The molecule has 7 heteroatoms. The Labute approximate surface area is 160 Å². The van der Waals surface area contributed by atoms with Crippen molar-refractivity contribution >= 4 is 39.6 Å². The minimum absolute atomic E-state index is 0.162. The molecule has 134 valence electrons. The number of amides is 2. The Bertz CT molecular complexity index is 907. The van der Waals surface area contributed by atoms with Gasteiger partial charge in [-0.2, -0.15) is 0 Å². The van der Waals surface area contributed by atoms with Crippen molar-refractivity contribution < 1.29 is 9.59 Å². The predicted octanol–water partition coefficient (Wildman–Crippen LogP) is 4.65. The SMILES string of the molecule is CC(C)(C)NC(=O)c1ccc(C(=O)Nc2nc(-c3cccs3)cs2)cc1. The third-order valence-electron chi connectivity index (χ3n) is 3.40. The fraction of sp³-hybridized carbons (Fsp3) is 0.211. The number of thiophene rings is 1. The average molecular weight is 386 g/mol. The summed E-state index contributed by atoms with van der Waals surface area (Å²) in [7, 11) is 0. The van der Waals surface area contributed by atoms with Crippen molar-refractivity contribution in [3.05, 3.63) is 58.3 Å². The first-order valence-electron chi connectivity index (χ1n) is 8.05. The van der Waals surface area contributed by atoms with Crippen molar-refractivity contribution in [3.8, 4) is 10.6 Å². The maximum atomic E-state index is 12.4. The van der Waals surface area contributed by atoms with Crippen LogP contribution in [0.5, 0.6) is 0 Å². The zero-order valence-corrected chi connectivity index (χ0v) is 16.3. The molecule has 1 aromatic carbocycles. The molecule has 0 spiro atoms. The molecule has 0 bridgehead atoms. The van der Waals surface area contributed by atoms with Crippen molar-refractivity contribution in [3.63, 3.8) is 0 Å². The van der Waals surface area contributed by atoms with Crippen LogP contribution in [0.25, 0.3) is 10.6 Å². The van der Waals surface area contributed by atoms with Crippen molar-refractivity contribution in [1.29, 1.82) is 0 Å². The Hall–Kier alpha value is -2.51. The van der Waals surface area contributed by atoms with Gasteiger partial charge in [0.2, 0.25) is 0 Å². The van der Waals surface area contributed by atoms with E-state index < -0.39 is 0 Å². The summed E-state index contributed by atoms with van der Waals surface area (Å²) >= 11 is 2.99. The van der Waals surface area contributed by atoms with Gasteiger partial charge in [0.1, 0.15) is 0 Å². The van der Waals surface area contributed by atoms with Gasteiger partial charge < -0.3 is 5.32 Å². The van der Waals surface area contributed by atoms with Gasteiger partial charge in [0, 0.05) is 22.0 Å². The summed E-state index contributed by atoms with van der Waals surface area (Å²) in [5.74, 6) is -0.412. The molecule has 0 aliphatic rings. The molecule has 2 amide bonds. The smallest absolute Gasteiger partial charge is 0.257 e. The number of thiazole rings is 1. The lowest BCUT2D eigenvalue weighted by molar-refractivity contribution is 0.0918. The second kappa shape index (κ2) is 7.39. The van der Waals surface area contributed by atoms with E-state index in [2.05, 4.69) is 15.6 Å². The van der Waals surface area contributed by atoms with Crippen molar-refractivity contribution in [2.45, 2.75) is 26.3 Å². The Morgan fingerprint density at radius 3 is 2.19 bits per heavy atom. The maximum Gasteiger partial charge on any atom is 0.257 e. The summed E-state index contributed by atoms with van der Waals surface area (Å²) in [6.45, 7) is 5.77. The highest BCUT2D eigenvalue weighted by Crippen LogP contribution is 2.28. The fourth-order valence-electron chi connectivity index (χ4n) is 2.22. The van der Waals surface area contributed by atoms with Crippen LogP contribution in [0, 0.1) is 0 Å². The van der Waals surface area contributed by atoms with Gasteiger partial charge >= 0.3 is 0 Å². The molecule has 0 unspecified atom stereocenters. The van der Waals surface area contributed by atoms with E-state index in [1.54, 1.807) is 35.6 Å². The van der Waals surface area contributed by atoms with Crippen molar-refractivity contribution in [2.75, 3.05) is 5.32 Å². The lowest BCUT2D eigenvalue weighted by Crippen LogP contribution is -2.40. The number of anilines is 1. The molecule has 0 saturated carbocycles. The lowest BCUT2D eigenvalue weighted by atomic mass is 10.1.